The first kappa shape index (κ1) is 13.4. The van der Waals surface area contributed by atoms with Crippen molar-refractivity contribution in [2.24, 2.45) is 5.92 Å². The number of ether oxygens (including phenoxy) is 1. The molecule has 1 N–H and O–H groups in total. The average molecular weight is 231 g/mol. The summed E-state index contributed by atoms with van der Waals surface area (Å²) in [6, 6.07) is 0. The minimum atomic E-state index is -1.54. The van der Waals surface area contributed by atoms with Gasteiger partial charge < -0.3 is 10.1 Å². The van der Waals surface area contributed by atoms with Gasteiger partial charge >= 0.3 is 5.97 Å². The van der Waals surface area contributed by atoms with Gasteiger partial charge in [-0.05, 0) is 47.6 Å². The molecule has 16 heavy (non-hydrogen) atoms. The summed E-state index contributed by atoms with van der Waals surface area (Å²) in [6.45, 7) is 9.82. The number of carbonyl (C=O) groups excluding carboxylic acids is 1. The molecule has 3 nitrogen and oxygen atoms in total. The highest BCUT2D eigenvalue weighted by atomic mass is 19.1. The molecule has 0 saturated carbocycles. The van der Waals surface area contributed by atoms with Crippen molar-refractivity contribution in [2.75, 3.05) is 6.54 Å². The first-order chi connectivity index (χ1) is 7.13. The molecule has 0 spiro atoms. The third-order valence-corrected chi connectivity index (χ3v) is 2.95. The lowest BCUT2D eigenvalue weighted by Gasteiger charge is -2.30. The van der Waals surface area contributed by atoms with Crippen LogP contribution in [0, 0.1) is 5.92 Å². The highest BCUT2D eigenvalue weighted by Gasteiger charge is 2.44. The summed E-state index contributed by atoms with van der Waals surface area (Å²) in [4.78, 5) is 11.6. The van der Waals surface area contributed by atoms with Crippen LogP contribution in [0.2, 0.25) is 0 Å². The van der Waals surface area contributed by atoms with E-state index < -0.39 is 17.7 Å². The molecule has 0 aliphatic carbocycles. The van der Waals surface area contributed by atoms with Crippen molar-refractivity contribution in [3.05, 3.63) is 0 Å². The van der Waals surface area contributed by atoms with E-state index in [9.17, 15) is 9.18 Å². The van der Waals surface area contributed by atoms with Crippen LogP contribution in [0.4, 0.5) is 4.39 Å². The minimum Gasteiger partial charge on any atom is -0.458 e. The summed E-state index contributed by atoms with van der Waals surface area (Å²) in [7, 11) is 0. The van der Waals surface area contributed by atoms with Crippen LogP contribution in [0.1, 0.15) is 41.0 Å². The van der Waals surface area contributed by atoms with Crippen LogP contribution in [0.15, 0.2) is 0 Å². The standard InChI is InChI=1S/C12H22FNO2/c1-11(2,3)16-10(15)9(13)8-6-7-14-12(8,4)5/h8-9,14H,6-7H2,1-5H3. The molecular formula is C12H22FNO2. The van der Waals surface area contributed by atoms with Crippen LogP contribution in [0.3, 0.4) is 0 Å². The Hall–Kier alpha value is -0.640. The fraction of sp³-hybridized carbons (Fsp3) is 0.917. The van der Waals surface area contributed by atoms with Crippen molar-refractivity contribution in [1.82, 2.24) is 5.32 Å². The van der Waals surface area contributed by atoms with Gasteiger partial charge in [-0.25, -0.2) is 9.18 Å². The maximum absolute atomic E-state index is 14.0. The molecule has 0 aromatic carbocycles. The van der Waals surface area contributed by atoms with Gasteiger partial charge in [0.15, 0.2) is 0 Å². The Morgan fingerprint density at radius 1 is 1.50 bits per heavy atom. The molecule has 0 aromatic heterocycles. The van der Waals surface area contributed by atoms with E-state index in [0.29, 0.717) is 6.42 Å². The maximum atomic E-state index is 14.0. The van der Waals surface area contributed by atoms with Gasteiger partial charge in [0.1, 0.15) is 5.60 Å². The monoisotopic (exact) mass is 231 g/mol. The number of nitrogens with one attached hydrogen (secondary N) is 1. The SMILES string of the molecule is CC(C)(C)OC(=O)C(F)C1CCNC1(C)C. The summed E-state index contributed by atoms with van der Waals surface area (Å²) < 4.78 is 19.1. The molecule has 1 aliphatic rings. The topological polar surface area (TPSA) is 38.3 Å². The fourth-order valence-corrected chi connectivity index (χ4v) is 2.08. The van der Waals surface area contributed by atoms with Crippen LogP contribution in [0.5, 0.6) is 0 Å². The summed E-state index contributed by atoms with van der Waals surface area (Å²) in [6.07, 6.45) is -0.864. The summed E-state index contributed by atoms with van der Waals surface area (Å²) in [5.41, 5.74) is -0.964. The summed E-state index contributed by atoms with van der Waals surface area (Å²) in [5, 5.41) is 3.20. The molecule has 94 valence electrons. The molecule has 1 rings (SSSR count). The molecule has 2 unspecified atom stereocenters. The van der Waals surface area contributed by atoms with Gasteiger partial charge in [0, 0.05) is 11.5 Å². The van der Waals surface area contributed by atoms with E-state index in [1.807, 2.05) is 13.8 Å². The number of alkyl halides is 1. The number of halogens is 1. The first-order valence-electron chi connectivity index (χ1n) is 5.75. The number of rotatable bonds is 2. The fourth-order valence-electron chi connectivity index (χ4n) is 2.08. The summed E-state index contributed by atoms with van der Waals surface area (Å²) >= 11 is 0. The van der Waals surface area contributed by atoms with E-state index >= 15 is 0 Å². The Morgan fingerprint density at radius 2 is 2.06 bits per heavy atom. The molecule has 0 bridgehead atoms. The number of hydrogen-bond donors (Lipinski definition) is 1. The molecule has 1 fully saturated rings. The van der Waals surface area contributed by atoms with Gasteiger partial charge in [0.05, 0.1) is 0 Å². The zero-order chi connectivity index (χ0) is 12.6. The van der Waals surface area contributed by atoms with E-state index in [1.165, 1.54) is 0 Å². The van der Waals surface area contributed by atoms with Gasteiger partial charge in [-0.15, -0.1) is 0 Å². The Balaban J connectivity index is 2.64. The lowest BCUT2D eigenvalue weighted by molar-refractivity contribution is -0.164. The normalized spacial score (nSPS) is 26.5. The van der Waals surface area contributed by atoms with Crippen molar-refractivity contribution < 1.29 is 13.9 Å². The van der Waals surface area contributed by atoms with E-state index in [0.717, 1.165) is 6.54 Å². The summed E-state index contributed by atoms with van der Waals surface area (Å²) in [5.74, 6) is -1.04. The Bertz CT molecular complexity index is 271. The minimum absolute atomic E-state index is 0.303. The van der Waals surface area contributed by atoms with Crippen molar-refractivity contribution in [3.8, 4) is 0 Å². The lowest BCUT2D eigenvalue weighted by atomic mass is 9.85. The average Bonchev–Trinajstić information content (AvgIpc) is 2.40. The van der Waals surface area contributed by atoms with Crippen molar-refractivity contribution >= 4 is 5.97 Å². The number of hydrogen-bond acceptors (Lipinski definition) is 3. The second kappa shape index (κ2) is 4.32. The van der Waals surface area contributed by atoms with Crippen LogP contribution < -0.4 is 5.32 Å². The van der Waals surface area contributed by atoms with Crippen LogP contribution in [-0.4, -0.2) is 29.8 Å². The largest absolute Gasteiger partial charge is 0.458 e. The van der Waals surface area contributed by atoms with Gasteiger partial charge in [-0.2, -0.15) is 0 Å². The second-order valence-corrected chi connectivity index (χ2v) is 5.98. The second-order valence-electron chi connectivity index (χ2n) is 5.98. The molecule has 2 atom stereocenters. The quantitative estimate of drug-likeness (QED) is 0.739. The number of carbonyl (C=O) groups is 1. The predicted molar refractivity (Wildman–Crippen MR) is 60.9 cm³/mol. The van der Waals surface area contributed by atoms with Gasteiger partial charge in [0.2, 0.25) is 6.17 Å². The van der Waals surface area contributed by atoms with E-state index in [-0.39, 0.29) is 11.5 Å². The van der Waals surface area contributed by atoms with Crippen LogP contribution >= 0.6 is 0 Å². The Kier molecular flexibility index (Phi) is 3.62. The smallest absolute Gasteiger partial charge is 0.341 e. The maximum Gasteiger partial charge on any atom is 0.341 e. The van der Waals surface area contributed by atoms with Crippen LogP contribution in [-0.2, 0) is 9.53 Å². The van der Waals surface area contributed by atoms with Crippen molar-refractivity contribution in [1.29, 1.82) is 0 Å². The zero-order valence-electron chi connectivity index (χ0n) is 10.8. The molecule has 1 aliphatic heterocycles. The van der Waals surface area contributed by atoms with Crippen molar-refractivity contribution in [2.45, 2.75) is 58.4 Å². The predicted octanol–water partition coefficient (Wildman–Crippen LogP) is 2.05. The van der Waals surface area contributed by atoms with Crippen LogP contribution in [0.25, 0.3) is 0 Å². The van der Waals surface area contributed by atoms with Gasteiger partial charge in [0.25, 0.3) is 0 Å². The first-order valence-corrected chi connectivity index (χ1v) is 5.75. The Morgan fingerprint density at radius 3 is 2.44 bits per heavy atom. The highest BCUT2D eigenvalue weighted by molar-refractivity contribution is 5.75. The molecule has 1 saturated heterocycles. The van der Waals surface area contributed by atoms with E-state index in [2.05, 4.69) is 5.32 Å². The molecule has 4 heteroatoms. The third kappa shape index (κ3) is 3.17. The third-order valence-electron chi connectivity index (χ3n) is 2.95. The molecular weight excluding hydrogens is 209 g/mol. The van der Waals surface area contributed by atoms with E-state index in [1.54, 1.807) is 20.8 Å². The number of esters is 1. The highest BCUT2D eigenvalue weighted by Crippen LogP contribution is 2.31. The lowest BCUT2D eigenvalue weighted by Crippen LogP contribution is -2.45. The zero-order valence-corrected chi connectivity index (χ0v) is 10.8. The Labute approximate surface area is 96.7 Å². The van der Waals surface area contributed by atoms with Crippen molar-refractivity contribution in [3.63, 3.8) is 0 Å². The van der Waals surface area contributed by atoms with E-state index in [4.69, 9.17) is 4.74 Å². The molecule has 0 aromatic rings. The van der Waals surface area contributed by atoms with Gasteiger partial charge in [-0.1, -0.05) is 0 Å². The molecule has 0 amide bonds. The van der Waals surface area contributed by atoms with Gasteiger partial charge in [-0.3, -0.25) is 0 Å². The molecule has 0 radical (unpaired) electrons. The molecule has 1 heterocycles.